The fourth-order valence-electron chi connectivity index (χ4n) is 2.22. The van der Waals surface area contributed by atoms with Crippen molar-refractivity contribution in [3.63, 3.8) is 0 Å². The maximum atomic E-state index is 12.3. The Kier molecular flexibility index (Phi) is 4.96. The number of nitrogens with one attached hydrogen (secondary N) is 1. The summed E-state index contributed by atoms with van der Waals surface area (Å²) in [5, 5.41) is 0.715. The van der Waals surface area contributed by atoms with Gasteiger partial charge in [0.2, 0.25) is 0 Å². The number of aromatic amines is 1. The van der Waals surface area contributed by atoms with Crippen molar-refractivity contribution in [1.82, 2.24) is 9.97 Å². The van der Waals surface area contributed by atoms with Gasteiger partial charge in [0.25, 0.3) is 0 Å². The van der Waals surface area contributed by atoms with Gasteiger partial charge in [-0.1, -0.05) is 36.0 Å². The fraction of sp³-hybridized carbons (Fsp3) is 0.167. The molecule has 1 aromatic heterocycles. The van der Waals surface area contributed by atoms with Gasteiger partial charge in [-0.3, -0.25) is 4.79 Å². The van der Waals surface area contributed by atoms with E-state index in [1.165, 1.54) is 11.8 Å². The molecule has 0 aliphatic carbocycles. The van der Waals surface area contributed by atoms with Gasteiger partial charge in [0.15, 0.2) is 10.9 Å². The van der Waals surface area contributed by atoms with Crippen LogP contribution in [0, 0.1) is 0 Å². The Balaban J connectivity index is 1.63. The number of rotatable bonds is 6. The normalized spacial score (nSPS) is 10.7. The highest BCUT2D eigenvalue weighted by Crippen LogP contribution is 2.20. The number of imidazole rings is 1. The first kappa shape index (κ1) is 16.3. The van der Waals surface area contributed by atoms with E-state index in [1.54, 1.807) is 31.2 Å². The number of thioether (sulfide) groups is 1. The molecule has 0 unspecified atom stereocenters. The van der Waals surface area contributed by atoms with Crippen molar-refractivity contribution < 1.29 is 14.3 Å². The lowest BCUT2D eigenvalue weighted by atomic mass is 10.1. The molecule has 1 N–H and O–H groups in total. The van der Waals surface area contributed by atoms with Crippen molar-refractivity contribution in [3.05, 3.63) is 59.7 Å². The van der Waals surface area contributed by atoms with Crippen LogP contribution in [0.5, 0.6) is 0 Å². The molecule has 0 atom stereocenters. The Bertz CT molecular complexity index is 838. The van der Waals surface area contributed by atoms with Crippen LogP contribution in [0.25, 0.3) is 11.0 Å². The van der Waals surface area contributed by atoms with Gasteiger partial charge >= 0.3 is 5.97 Å². The highest BCUT2D eigenvalue weighted by molar-refractivity contribution is 7.99. The molecule has 6 heteroatoms. The number of ether oxygens (including phenoxy) is 1. The van der Waals surface area contributed by atoms with Gasteiger partial charge in [0, 0.05) is 5.56 Å². The van der Waals surface area contributed by atoms with E-state index in [4.69, 9.17) is 4.74 Å². The van der Waals surface area contributed by atoms with E-state index in [1.807, 2.05) is 24.3 Å². The van der Waals surface area contributed by atoms with Crippen molar-refractivity contribution in [1.29, 1.82) is 0 Å². The SMILES string of the molecule is CCOC(=O)c1ccc(C(=O)CSc2nc3ccccc3[nH]2)cc1. The number of nitrogens with zero attached hydrogens (tertiary/aromatic N) is 1. The molecule has 0 spiro atoms. The van der Waals surface area contributed by atoms with Gasteiger partial charge in [-0.2, -0.15) is 0 Å². The van der Waals surface area contributed by atoms with E-state index in [2.05, 4.69) is 9.97 Å². The van der Waals surface area contributed by atoms with E-state index in [0.717, 1.165) is 11.0 Å². The third-order valence-corrected chi connectivity index (χ3v) is 4.30. The highest BCUT2D eigenvalue weighted by atomic mass is 32.2. The molecule has 2 aromatic carbocycles. The van der Waals surface area contributed by atoms with Crippen molar-refractivity contribution in [2.75, 3.05) is 12.4 Å². The highest BCUT2D eigenvalue weighted by Gasteiger charge is 2.11. The van der Waals surface area contributed by atoms with E-state index in [0.29, 0.717) is 22.9 Å². The van der Waals surface area contributed by atoms with Crippen molar-refractivity contribution in [2.24, 2.45) is 0 Å². The van der Waals surface area contributed by atoms with Gasteiger partial charge in [0.1, 0.15) is 0 Å². The Morgan fingerprint density at radius 3 is 2.50 bits per heavy atom. The zero-order valence-electron chi connectivity index (χ0n) is 13.1. The third kappa shape index (κ3) is 3.65. The van der Waals surface area contributed by atoms with Gasteiger partial charge in [-0.15, -0.1) is 0 Å². The molecule has 3 rings (SSSR count). The summed E-state index contributed by atoms with van der Waals surface area (Å²) in [4.78, 5) is 31.5. The lowest BCUT2D eigenvalue weighted by molar-refractivity contribution is 0.0526. The number of esters is 1. The van der Waals surface area contributed by atoms with Crippen LogP contribution in [0.2, 0.25) is 0 Å². The van der Waals surface area contributed by atoms with Crippen LogP contribution in [0.3, 0.4) is 0 Å². The number of hydrogen-bond donors (Lipinski definition) is 1. The van der Waals surface area contributed by atoms with E-state index in [-0.39, 0.29) is 17.5 Å². The molecular weight excluding hydrogens is 324 g/mol. The Hall–Kier alpha value is -2.60. The largest absolute Gasteiger partial charge is 0.462 e. The number of carbonyl (C=O) groups excluding carboxylic acids is 2. The molecular formula is C18H16N2O3S. The minimum Gasteiger partial charge on any atom is -0.462 e. The summed E-state index contributed by atoms with van der Waals surface area (Å²) in [5.41, 5.74) is 2.84. The molecule has 0 radical (unpaired) electrons. The molecule has 0 aliphatic heterocycles. The number of ketones is 1. The summed E-state index contributed by atoms with van der Waals surface area (Å²) in [7, 11) is 0. The first-order chi connectivity index (χ1) is 11.7. The van der Waals surface area contributed by atoms with E-state index >= 15 is 0 Å². The van der Waals surface area contributed by atoms with Gasteiger partial charge < -0.3 is 9.72 Å². The van der Waals surface area contributed by atoms with Crippen LogP contribution in [-0.2, 0) is 4.74 Å². The molecule has 1 heterocycles. The maximum absolute atomic E-state index is 12.3. The monoisotopic (exact) mass is 340 g/mol. The lowest BCUT2D eigenvalue weighted by Crippen LogP contribution is -2.06. The van der Waals surface area contributed by atoms with Gasteiger partial charge in [0.05, 0.1) is 29.0 Å². The second kappa shape index (κ2) is 7.31. The van der Waals surface area contributed by atoms with E-state index < -0.39 is 0 Å². The Morgan fingerprint density at radius 2 is 1.79 bits per heavy atom. The third-order valence-electron chi connectivity index (χ3n) is 3.43. The maximum Gasteiger partial charge on any atom is 0.338 e. The first-order valence-corrected chi connectivity index (χ1v) is 8.54. The summed E-state index contributed by atoms with van der Waals surface area (Å²) in [6.07, 6.45) is 0. The van der Waals surface area contributed by atoms with Crippen LogP contribution < -0.4 is 0 Å². The Morgan fingerprint density at radius 1 is 1.08 bits per heavy atom. The van der Waals surface area contributed by atoms with E-state index in [9.17, 15) is 9.59 Å². The van der Waals surface area contributed by atoms with Gasteiger partial charge in [-0.05, 0) is 31.2 Å². The summed E-state index contributed by atoms with van der Waals surface area (Å²) < 4.78 is 4.92. The number of hydrogen-bond acceptors (Lipinski definition) is 5. The Labute approximate surface area is 143 Å². The number of aromatic nitrogens is 2. The zero-order chi connectivity index (χ0) is 16.9. The molecule has 0 fully saturated rings. The second-order valence-electron chi connectivity index (χ2n) is 5.07. The molecule has 5 nitrogen and oxygen atoms in total. The van der Waals surface area contributed by atoms with Crippen molar-refractivity contribution in [3.8, 4) is 0 Å². The van der Waals surface area contributed by atoms with Crippen molar-refractivity contribution in [2.45, 2.75) is 12.1 Å². The number of carbonyl (C=O) groups is 2. The summed E-state index contributed by atoms with van der Waals surface area (Å²) in [6, 6.07) is 14.2. The molecule has 3 aromatic rings. The number of para-hydroxylation sites is 2. The van der Waals surface area contributed by atoms with Gasteiger partial charge in [-0.25, -0.2) is 9.78 Å². The number of fused-ring (bicyclic) bond motifs is 1. The lowest BCUT2D eigenvalue weighted by Gasteiger charge is -2.03. The molecule has 0 bridgehead atoms. The second-order valence-corrected chi connectivity index (χ2v) is 6.03. The van der Waals surface area contributed by atoms with Crippen LogP contribution in [0.15, 0.2) is 53.7 Å². The summed E-state index contributed by atoms with van der Waals surface area (Å²) >= 11 is 1.36. The average Bonchev–Trinajstić information content (AvgIpc) is 3.03. The number of Topliss-reactive ketones (excluding diaryl/α,β-unsaturated/α-hetero) is 1. The minimum absolute atomic E-state index is 0.0177. The van der Waals surface area contributed by atoms with Crippen LogP contribution in [0.4, 0.5) is 0 Å². The van der Waals surface area contributed by atoms with Crippen molar-refractivity contribution >= 4 is 34.5 Å². The van der Waals surface area contributed by atoms with Crippen LogP contribution >= 0.6 is 11.8 Å². The zero-order valence-corrected chi connectivity index (χ0v) is 13.9. The molecule has 0 saturated heterocycles. The molecule has 122 valence electrons. The fourth-order valence-corrected chi connectivity index (χ4v) is 3.00. The average molecular weight is 340 g/mol. The van der Waals surface area contributed by atoms with Crippen LogP contribution in [-0.4, -0.2) is 34.1 Å². The quantitative estimate of drug-likeness (QED) is 0.421. The smallest absolute Gasteiger partial charge is 0.338 e. The predicted molar refractivity (Wildman–Crippen MR) is 93.5 cm³/mol. The standard InChI is InChI=1S/C18H16N2O3S/c1-2-23-17(22)13-9-7-12(8-10-13)16(21)11-24-18-19-14-5-3-4-6-15(14)20-18/h3-10H,2,11H2,1H3,(H,19,20). The number of H-pyrrole nitrogens is 1. The predicted octanol–water partition coefficient (Wildman–Crippen LogP) is 3.71. The molecule has 0 aliphatic rings. The minimum atomic E-state index is -0.381. The summed E-state index contributed by atoms with van der Waals surface area (Å²) in [6.45, 7) is 2.08. The molecule has 24 heavy (non-hydrogen) atoms. The number of benzene rings is 2. The topological polar surface area (TPSA) is 72.1 Å². The molecule has 0 amide bonds. The first-order valence-electron chi connectivity index (χ1n) is 7.55. The summed E-state index contributed by atoms with van der Waals surface area (Å²) in [5.74, 6) is -0.123. The van der Waals surface area contributed by atoms with Crippen LogP contribution in [0.1, 0.15) is 27.6 Å². The molecule has 0 saturated carbocycles.